The van der Waals surface area contributed by atoms with Crippen LogP contribution in [0.5, 0.6) is 0 Å². The number of carbonyl (C=O) groups is 1. The lowest BCUT2D eigenvalue weighted by Gasteiger charge is -2.34. The van der Waals surface area contributed by atoms with Crippen LogP contribution in [0.4, 0.5) is 4.39 Å². The Morgan fingerprint density at radius 3 is 2.71 bits per heavy atom. The van der Waals surface area contributed by atoms with Crippen molar-refractivity contribution in [1.29, 1.82) is 0 Å². The largest absolute Gasteiger partial charge is 0.329 e. The topological polar surface area (TPSA) is 51.0 Å². The van der Waals surface area contributed by atoms with Crippen molar-refractivity contribution in [2.75, 3.05) is 6.54 Å². The second kappa shape index (κ2) is 7.20. The highest BCUT2D eigenvalue weighted by Gasteiger charge is 2.33. The number of benzene rings is 1. The smallest absolute Gasteiger partial charge is 0.246 e. The number of hydrogen-bond donors (Lipinski definition) is 0. The van der Waals surface area contributed by atoms with Crippen molar-refractivity contribution in [3.05, 3.63) is 71.9 Å². The molecule has 0 unspecified atom stereocenters. The van der Waals surface area contributed by atoms with Gasteiger partial charge in [0.05, 0.1) is 18.3 Å². The Labute approximate surface area is 167 Å². The summed E-state index contributed by atoms with van der Waals surface area (Å²) in [7, 11) is 0. The van der Waals surface area contributed by atoms with Crippen molar-refractivity contribution >= 4 is 17.5 Å². The minimum Gasteiger partial charge on any atom is -0.329 e. The lowest BCUT2D eigenvalue weighted by molar-refractivity contribution is -0.129. The van der Waals surface area contributed by atoms with Crippen molar-refractivity contribution < 1.29 is 9.18 Å². The lowest BCUT2D eigenvalue weighted by atomic mass is 9.95. The van der Waals surface area contributed by atoms with Crippen LogP contribution < -0.4 is 0 Å². The van der Waals surface area contributed by atoms with Gasteiger partial charge in [0.2, 0.25) is 5.91 Å². The van der Waals surface area contributed by atoms with E-state index in [0.717, 1.165) is 16.8 Å². The molecule has 0 aliphatic carbocycles. The van der Waals surface area contributed by atoms with Crippen LogP contribution in [-0.4, -0.2) is 32.1 Å². The monoisotopic (exact) mass is 396 g/mol. The highest BCUT2D eigenvalue weighted by Crippen LogP contribution is 2.41. The van der Waals surface area contributed by atoms with Gasteiger partial charge in [-0.2, -0.15) is 5.10 Å². The number of pyridine rings is 1. The minimum absolute atomic E-state index is 0.139. The molecule has 0 spiro atoms. The van der Waals surface area contributed by atoms with Crippen LogP contribution in [0.1, 0.15) is 18.7 Å². The summed E-state index contributed by atoms with van der Waals surface area (Å²) in [4.78, 5) is 18.1. The van der Waals surface area contributed by atoms with E-state index in [0.29, 0.717) is 29.4 Å². The number of hydrogen-bond acceptors (Lipinski definition) is 3. The molecule has 2 aromatic heterocycles. The second-order valence-electron chi connectivity index (χ2n) is 6.60. The number of nitrogens with zero attached hydrogens (tertiary/aromatic N) is 4. The Morgan fingerprint density at radius 1 is 1.29 bits per heavy atom. The number of rotatable bonds is 3. The van der Waals surface area contributed by atoms with Gasteiger partial charge in [-0.25, -0.2) is 4.39 Å². The molecule has 0 N–H and O–H groups in total. The van der Waals surface area contributed by atoms with E-state index < -0.39 is 5.82 Å². The molecule has 1 aromatic carbocycles. The predicted octanol–water partition coefficient (Wildman–Crippen LogP) is 4.49. The Bertz CT molecular complexity index is 1060. The fourth-order valence-corrected chi connectivity index (χ4v) is 3.86. The molecule has 1 aliphatic rings. The van der Waals surface area contributed by atoms with Gasteiger partial charge in [0, 0.05) is 35.1 Å². The van der Waals surface area contributed by atoms with E-state index in [1.807, 2.05) is 23.7 Å². The van der Waals surface area contributed by atoms with Gasteiger partial charge >= 0.3 is 0 Å². The van der Waals surface area contributed by atoms with Crippen LogP contribution >= 0.6 is 11.6 Å². The molecular weight excluding hydrogens is 379 g/mol. The van der Waals surface area contributed by atoms with E-state index in [1.54, 1.807) is 29.4 Å². The van der Waals surface area contributed by atoms with E-state index in [-0.39, 0.29) is 11.9 Å². The Kier molecular flexibility index (Phi) is 4.73. The van der Waals surface area contributed by atoms with Crippen LogP contribution in [0, 0.1) is 5.82 Å². The van der Waals surface area contributed by atoms with E-state index in [1.165, 1.54) is 12.1 Å². The molecule has 0 fully saturated rings. The number of carbonyl (C=O) groups excluding carboxylic acids is 1. The van der Waals surface area contributed by atoms with Gasteiger partial charge in [0.1, 0.15) is 11.5 Å². The van der Waals surface area contributed by atoms with Crippen LogP contribution in [0.15, 0.2) is 55.4 Å². The van der Waals surface area contributed by atoms with Gasteiger partial charge in [-0.3, -0.25) is 14.5 Å². The SMILES string of the molecule is C=CC(=O)N1CCn2nc(-c3ccc(Cl)cc3F)c(-c3ccncc3)c2[C@H]1C. The molecule has 3 aromatic rings. The third-order valence-corrected chi connectivity index (χ3v) is 5.26. The molecule has 3 heterocycles. The molecule has 7 heteroatoms. The fourth-order valence-electron chi connectivity index (χ4n) is 3.71. The van der Waals surface area contributed by atoms with Crippen LogP contribution in [0.3, 0.4) is 0 Å². The first-order valence-corrected chi connectivity index (χ1v) is 9.28. The number of amides is 1. The maximum atomic E-state index is 14.7. The molecule has 142 valence electrons. The predicted molar refractivity (Wildman–Crippen MR) is 106 cm³/mol. The van der Waals surface area contributed by atoms with Gasteiger partial charge in [0.15, 0.2) is 0 Å². The zero-order valence-corrected chi connectivity index (χ0v) is 16.0. The number of aromatic nitrogens is 3. The molecule has 0 bridgehead atoms. The average Bonchev–Trinajstić information content (AvgIpc) is 3.08. The maximum absolute atomic E-state index is 14.7. The van der Waals surface area contributed by atoms with Crippen molar-refractivity contribution in [1.82, 2.24) is 19.7 Å². The van der Waals surface area contributed by atoms with E-state index in [2.05, 4.69) is 11.6 Å². The highest BCUT2D eigenvalue weighted by atomic mass is 35.5. The van der Waals surface area contributed by atoms with Crippen molar-refractivity contribution in [2.24, 2.45) is 0 Å². The minimum atomic E-state index is -0.440. The molecule has 5 nitrogen and oxygen atoms in total. The van der Waals surface area contributed by atoms with Gasteiger partial charge < -0.3 is 4.90 Å². The van der Waals surface area contributed by atoms with Gasteiger partial charge in [-0.05, 0) is 48.9 Å². The van der Waals surface area contributed by atoms with Gasteiger partial charge in [0.25, 0.3) is 0 Å². The van der Waals surface area contributed by atoms with E-state index >= 15 is 0 Å². The zero-order chi connectivity index (χ0) is 19.8. The van der Waals surface area contributed by atoms with Crippen LogP contribution in [0.25, 0.3) is 22.4 Å². The Morgan fingerprint density at radius 2 is 2.04 bits per heavy atom. The summed E-state index contributed by atoms with van der Waals surface area (Å²) in [5, 5.41) is 5.03. The Hall–Kier alpha value is -2.99. The maximum Gasteiger partial charge on any atom is 0.246 e. The van der Waals surface area contributed by atoms with E-state index in [9.17, 15) is 9.18 Å². The molecule has 0 saturated heterocycles. The Balaban J connectivity index is 1.97. The van der Waals surface area contributed by atoms with Crippen molar-refractivity contribution in [2.45, 2.75) is 19.5 Å². The highest BCUT2D eigenvalue weighted by molar-refractivity contribution is 6.30. The standard InChI is InChI=1S/C21H18ClFN4O/c1-3-18(28)26-10-11-27-21(13(26)2)19(14-6-8-24-9-7-14)20(25-27)16-5-4-15(22)12-17(16)23/h3-9,12-13H,1,10-11H2,2H3/t13-/m1/s1. The summed E-state index contributed by atoms with van der Waals surface area (Å²) < 4.78 is 16.6. The molecule has 1 aliphatic heterocycles. The molecule has 4 rings (SSSR count). The van der Waals surface area contributed by atoms with Crippen molar-refractivity contribution in [3.8, 4) is 22.4 Å². The summed E-state index contributed by atoms with van der Waals surface area (Å²) in [5.41, 5.74) is 3.40. The normalized spacial score (nSPS) is 16.0. The van der Waals surface area contributed by atoms with Crippen molar-refractivity contribution in [3.63, 3.8) is 0 Å². The summed E-state index contributed by atoms with van der Waals surface area (Å²) in [6, 6.07) is 8.04. The third kappa shape index (κ3) is 2.99. The molecule has 28 heavy (non-hydrogen) atoms. The van der Waals surface area contributed by atoms with Gasteiger partial charge in [-0.15, -0.1) is 0 Å². The lowest BCUT2D eigenvalue weighted by Crippen LogP contribution is -2.40. The molecular formula is C21H18ClFN4O. The molecule has 0 radical (unpaired) electrons. The first-order valence-electron chi connectivity index (χ1n) is 8.90. The summed E-state index contributed by atoms with van der Waals surface area (Å²) >= 11 is 5.93. The van der Waals surface area contributed by atoms with Crippen LogP contribution in [-0.2, 0) is 11.3 Å². The summed E-state index contributed by atoms with van der Waals surface area (Å²) in [5.74, 6) is -0.579. The molecule has 0 saturated carbocycles. The molecule has 1 amide bonds. The van der Waals surface area contributed by atoms with E-state index in [4.69, 9.17) is 16.7 Å². The first kappa shape index (κ1) is 18.4. The molecule has 1 atom stereocenters. The quantitative estimate of drug-likeness (QED) is 0.613. The summed E-state index contributed by atoms with van der Waals surface area (Å²) in [6.07, 6.45) is 4.68. The zero-order valence-electron chi connectivity index (χ0n) is 15.3. The number of fused-ring (bicyclic) bond motifs is 1. The number of halogens is 2. The second-order valence-corrected chi connectivity index (χ2v) is 7.04. The third-order valence-electron chi connectivity index (χ3n) is 5.02. The average molecular weight is 397 g/mol. The first-order chi connectivity index (χ1) is 13.5. The summed E-state index contributed by atoms with van der Waals surface area (Å²) in [6.45, 7) is 6.57. The fraction of sp³-hybridized carbons (Fsp3) is 0.190. The van der Waals surface area contributed by atoms with Crippen LogP contribution in [0.2, 0.25) is 5.02 Å². The van der Waals surface area contributed by atoms with Gasteiger partial charge in [-0.1, -0.05) is 18.2 Å².